The van der Waals surface area contributed by atoms with E-state index >= 15 is 0 Å². The zero-order valence-electron chi connectivity index (χ0n) is 14.7. The van der Waals surface area contributed by atoms with Crippen molar-refractivity contribution in [1.29, 1.82) is 0 Å². The van der Waals surface area contributed by atoms with Gasteiger partial charge < -0.3 is 19.5 Å². The molecular weight excluding hydrogens is 318 g/mol. The van der Waals surface area contributed by atoms with Crippen molar-refractivity contribution in [1.82, 2.24) is 5.32 Å². The normalized spacial score (nSPS) is 10.5. The van der Waals surface area contributed by atoms with Gasteiger partial charge in [-0.15, -0.1) is 0 Å². The van der Waals surface area contributed by atoms with E-state index in [4.69, 9.17) is 14.2 Å². The number of ether oxygens (including phenoxy) is 3. The summed E-state index contributed by atoms with van der Waals surface area (Å²) < 4.78 is 16.1. The first-order chi connectivity index (χ1) is 12.1. The molecule has 0 aliphatic heterocycles. The summed E-state index contributed by atoms with van der Waals surface area (Å²) >= 11 is 0. The van der Waals surface area contributed by atoms with E-state index in [1.165, 1.54) is 6.08 Å². The third kappa shape index (κ3) is 5.57. The van der Waals surface area contributed by atoms with Crippen LogP contribution < -0.4 is 19.5 Å². The van der Waals surface area contributed by atoms with E-state index in [-0.39, 0.29) is 5.91 Å². The minimum Gasteiger partial charge on any atom is -0.493 e. The first-order valence-electron chi connectivity index (χ1n) is 8.00. The fraction of sp³-hybridized carbons (Fsp3) is 0.250. The van der Waals surface area contributed by atoms with Crippen molar-refractivity contribution in [2.45, 2.75) is 6.92 Å². The van der Waals surface area contributed by atoms with Crippen LogP contribution in [-0.4, -0.2) is 33.3 Å². The molecule has 0 heterocycles. The minimum absolute atomic E-state index is 0.178. The smallest absolute Gasteiger partial charge is 0.244 e. The lowest BCUT2D eigenvalue weighted by Gasteiger charge is -2.09. The molecule has 2 aromatic carbocycles. The highest BCUT2D eigenvalue weighted by Crippen LogP contribution is 2.27. The molecule has 0 unspecified atom stereocenters. The molecule has 0 aromatic heterocycles. The monoisotopic (exact) mass is 341 g/mol. The number of carbonyl (C=O) groups excluding carboxylic acids is 1. The second-order valence-corrected chi connectivity index (χ2v) is 5.35. The summed E-state index contributed by atoms with van der Waals surface area (Å²) in [5, 5.41) is 2.79. The fourth-order valence-electron chi connectivity index (χ4n) is 2.24. The minimum atomic E-state index is -0.178. The van der Waals surface area contributed by atoms with Gasteiger partial charge in [0.2, 0.25) is 5.91 Å². The molecule has 0 saturated carbocycles. The molecule has 1 amide bonds. The molecule has 0 aliphatic carbocycles. The maximum atomic E-state index is 11.9. The molecule has 2 rings (SSSR count). The Morgan fingerprint density at radius 3 is 2.52 bits per heavy atom. The predicted octanol–water partition coefficient (Wildman–Crippen LogP) is 3.22. The molecule has 2 aromatic rings. The molecule has 25 heavy (non-hydrogen) atoms. The van der Waals surface area contributed by atoms with Gasteiger partial charge in [0.05, 0.1) is 20.8 Å². The summed E-state index contributed by atoms with van der Waals surface area (Å²) in [5.41, 5.74) is 1.92. The van der Waals surface area contributed by atoms with Crippen LogP contribution in [0.2, 0.25) is 0 Å². The van der Waals surface area contributed by atoms with E-state index in [0.29, 0.717) is 24.7 Å². The van der Waals surface area contributed by atoms with Crippen LogP contribution in [-0.2, 0) is 4.79 Å². The third-order valence-electron chi connectivity index (χ3n) is 3.59. The van der Waals surface area contributed by atoms with E-state index in [1.807, 2.05) is 43.3 Å². The maximum absolute atomic E-state index is 11.9. The van der Waals surface area contributed by atoms with Gasteiger partial charge in [-0.3, -0.25) is 4.79 Å². The van der Waals surface area contributed by atoms with Crippen LogP contribution in [0.1, 0.15) is 11.1 Å². The molecule has 0 atom stereocenters. The van der Waals surface area contributed by atoms with Crippen LogP contribution in [0, 0.1) is 6.92 Å². The van der Waals surface area contributed by atoms with Crippen molar-refractivity contribution in [3.05, 3.63) is 59.7 Å². The highest BCUT2D eigenvalue weighted by molar-refractivity contribution is 5.91. The molecule has 0 radical (unpaired) electrons. The zero-order chi connectivity index (χ0) is 18.1. The lowest BCUT2D eigenvalue weighted by Crippen LogP contribution is -2.26. The Morgan fingerprint density at radius 2 is 1.80 bits per heavy atom. The third-order valence-corrected chi connectivity index (χ3v) is 3.59. The van der Waals surface area contributed by atoms with Crippen LogP contribution in [0.4, 0.5) is 0 Å². The van der Waals surface area contributed by atoms with Gasteiger partial charge in [0.1, 0.15) is 12.4 Å². The largest absolute Gasteiger partial charge is 0.493 e. The Labute approximate surface area is 148 Å². The fourth-order valence-corrected chi connectivity index (χ4v) is 2.24. The average Bonchev–Trinajstić information content (AvgIpc) is 2.64. The summed E-state index contributed by atoms with van der Waals surface area (Å²) in [4.78, 5) is 11.9. The van der Waals surface area contributed by atoms with Gasteiger partial charge in [-0.1, -0.05) is 24.3 Å². The second-order valence-electron chi connectivity index (χ2n) is 5.35. The zero-order valence-corrected chi connectivity index (χ0v) is 14.7. The first-order valence-corrected chi connectivity index (χ1v) is 8.00. The molecule has 0 bridgehead atoms. The molecule has 0 saturated heterocycles. The van der Waals surface area contributed by atoms with Crippen molar-refractivity contribution in [2.75, 3.05) is 27.4 Å². The van der Waals surface area contributed by atoms with Crippen molar-refractivity contribution >= 4 is 12.0 Å². The van der Waals surface area contributed by atoms with Gasteiger partial charge in [-0.2, -0.15) is 0 Å². The van der Waals surface area contributed by atoms with Crippen LogP contribution in [0.3, 0.4) is 0 Å². The van der Waals surface area contributed by atoms with Crippen molar-refractivity contribution in [3.63, 3.8) is 0 Å². The average molecular weight is 341 g/mol. The number of para-hydroxylation sites is 1. The molecule has 5 nitrogen and oxygen atoms in total. The van der Waals surface area contributed by atoms with E-state index in [9.17, 15) is 4.79 Å². The number of nitrogens with one attached hydrogen (secondary N) is 1. The van der Waals surface area contributed by atoms with Gasteiger partial charge in [-0.25, -0.2) is 0 Å². The molecule has 0 fully saturated rings. The van der Waals surface area contributed by atoms with E-state index < -0.39 is 0 Å². The number of methoxy groups -OCH3 is 2. The SMILES string of the molecule is COc1ccc(/C=C/C(=O)NCCOc2ccccc2C)cc1OC. The summed E-state index contributed by atoms with van der Waals surface area (Å²) in [6.07, 6.45) is 3.20. The molecule has 132 valence electrons. The molecule has 1 N–H and O–H groups in total. The predicted molar refractivity (Wildman–Crippen MR) is 98.3 cm³/mol. The van der Waals surface area contributed by atoms with Crippen molar-refractivity contribution < 1.29 is 19.0 Å². The highest BCUT2D eigenvalue weighted by Gasteiger charge is 2.03. The molecule has 0 aliphatic rings. The summed E-state index contributed by atoms with van der Waals surface area (Å²) in [6, 6.07) is 13.2. The van der Waals surface area contributed by atoms with Crippen LogP contribution in [0.25, 0.3) is 6.08 Å². The Kier molecular flexibility index (Phi) is 6.89. The van der Waals surface area contributed by atoms with Gasteiger partial charge in [0.15, 0.2) is 11.5 Å². The highest BCUT2D eigenvalue weighted by atomic mass is 16.5. The van der Waals surface area contributed by atoms with Gasteiger partial charge in [0.25, 0.3) is 0 Å². The van der Waals surface area contributed by atoms with E-state index in [2.05, 4.69) is 5.32 Å². The standard InChI is InChI=1S/C20H23NO4/c1-15-6-4-5-7-17(15)25-13-12-21-20(22)11-9-16-8-10-18(23-2)19(14-16)24-3/h4-11,14H,12-13H2,1-3H3,(H,21,22)/b11-9+. The van der Waals surface area contributed by atoms with E-state index in [1.54, 1.807) is 26.4 Å². The number of aryl methyl sites for hydroxylation is 1. The van der Waals surface area contributed by atoms with Gasteiger partial charge >= 0.3 is 0 Å². The Morgan fingerprint density at radius 1 is 1.04 bits per heavy atom. The molecular formula is C20H23NO4. The number of hydrogen-bond acceptors (Lipinski definition) is 4. The Hall–Kier alpha value is -2.95. The number of amides is 1. The quantitative estimate of drug-likeness (QED) is 0.592. The van der Waals surface area contributed by atoms with Gasteiger partial charge in [-0.05, 0) is 42.3 Å². The van der Waals surface area contributed by atoms with E-state index in [0.717, 1.165) is 16.9 Å². The van der Waals surface area contributed by atoms with Crippen LogP contribution >= 0.6 is 0 Å². The van der Waals surface area contributed by atoms with Crippen molar-refractivity contribution in [2.24, 2.45) is 0 Å². The maximum Gasteiger partial charge on any atom is 0.244 e. The molecule has 5 heteroatoms. The van der Waals surface area contributed by atoms with Crippen LogP contribution in [0.15, 0.2) is 48.5 Å². The second kappa shape index (κ2) is 9.37. The Bertz CT molecular complexity index is 740. The lowest BCUT2D eigenvalue weighted by atomic mass is 10.2. The Balaban J connectivity index is 1.80. The number of carbonyl (C=O) groups is 1. The molecule has 0 spiro atoms. The summed E-state index contributed by atoms with van der Waals surface area (Å²) in [5.74, 6) is 1.93. The number of benzene rings is 2. The number of rotatable bonds is 8. The summed E-state index contributed by atoms with van der Waals surface area (Å²) in [7, 11) is 3.16. The first kappa shape index (κ1) is 18.4. The topological polar surface area (TPSA) is 56.8 Å². The van der Waals surface area contributed by atoms with Crippen molar-refractivity contribution in [3.8, 4) is 17.2 Å². The number of hydrogen-bond donors (Lipinski definition) is 1. The van der Waals surface area contributed by atoms with Crippen LogP contribution in [0.5, 0.6) is 17.2 Å². The summed E-state index contributed by atoms with van der Waals surface area (Å²) in [6.45, 7) is 2.84. The lowest BCUT2D eigenvalue weighted by molar-refractivity contribution is -0.116. The van der Waals surface area contributed by atoms with Gasteiger partial charge in [0, 0.05) is 6.08 Å².